The molecule has 0 radical (unpaired) electrons. The smallest absolute Gasteiger partial charge is 0.416 e. The highest BCUT2D eigenvalue weighted by molar-refractivity contribution is 6.31. The molecule has 3 aliphatic rings. The van der Waals surface area contributed by atoms with Crippen LogP contribution in [0.1, 0.15) is 55.8 Å². The van der Waals surface area contributed by atoms with Crippen molar-refractivity contribution in [3.63, 3.8) is 0 Å². The van der Waals surface area contributed by atoms with Crippen LogP contribution in [0.15, 0.2) is 29.0 Å². The van der Waals surface area contributed by atoms with Crippen LogP contribution >= 0.6 is 11.6 Å². The van der Waals surface area contributed by atoms with E-state index in [1.54, 1.807) is 11.9 Å². The lowest BCUT2D eigenvalue weighted by Crippen LogP contribution is -2.42. The van der Waals surface area contributed by atoms with Crippen molar-refractivity contribution >= 4 is 17.7 Å². The van der Waals surface area contributed by atoms with Crippen LogP contribution in [0.3, 0.4) is 0 Å². The van der Waals surface area contributed by atoms with Crippen LogP contribution < -0.4 is 9.47 Å². The first kappa shape index (κ1) is 21.6. The molecule has 2 heterocycles. The lowest BCUT2D eigenvalue weighted by Gasteiger charge is -2.37. The van der Waals surface area contributed by atoms with E-state index in [9.17, 15) is 4.79 Å². The topological polar surface area (TPSA) is 68.0 Å². The quantitative estimate of drug-likeness (QED) is 0.547. The van der Waals surface area contributed by atoms with Crippen molar-refractivity contribution in [2.24, 2.45) is 5.92 Å². The molecule has 172 valence electrons. The molecular formula is C24H30ClN3O4. The summed E-state index contributed by atoms with van der Waals surface area (Å²) >= 11 is 6.50. The number of hydrogen-bond acceptors (Lipinski definition) is 6. The van der Waals surface area contributed by atoms with Gasteiger partial charge in [-0.25, -0.2) is 4.79 Å². The van der Waals surface area contributed by atoms with Gasteiger partial charge in [-0.2, -0.15) is 4.98 Å². The number of carbonyl (C=O) groups excluding carboxylic acids is 1. The average molecular weight is 460 g/mol. The number of rotatable bonds is 8. The Balaban J connectivity index is 1.05. The molecule has 1 aromatic carbocycles. The molecule has 1 aromatic heterocycles. The van der Waals surface area contributed by atoms with Gasteiger partial charge in [-0.15, -0.1) is 0 Å². The lowest BCUT2D eigenvalue weighted by atomic mass is 9.82. The van der Waals surface area contributed by atoms with Crippen LogP contribution in [-0.4, -0.2) is 53.7 Å². The molecule has 5 rings (SSSR count). The van der Waals surface area contributed by atoms with Gasteiger partial charge >= 0.3 is 6.09 Å². The fourth-order valence-electron chi connectivity index (χ4n) is 4.58. The second-order valence-corrected chi connectivity index (χ2v) is 9.77. The van der Waals surface area contributed by atoms with E-state index in [1.807, 2.05) is 12.1 Å². The van der Waals surface area contributed by atoms with Crippen molar-refractivity contribution in [2.75, 3.05) is 26.7 Å². The molecule has 0 unspecified atom stereocenters. The van der Waals surface area contributed by atoms with E-state index in [-0.39, 0.29) is 6.10 Å². The van der Waals surface area contributed by atoms with Crippen LogP contribution in [0.2, 0.25) is 5.02 Å². The standard InChI is InChI=1S/C24H30ClN3O4/c1-27(24(29)32-23-22(17-4-5-17)30-15-26-23)13-16-10-20(11-16)31-19-7-6-18(21(25)12-19)14-28-8-2-3-9-28/h6-7,12,15-17,20H,2-5,8-11,13-14H2,1H3. The summed E-state index contributed by atoms with van der Waals surface area (Å²) in [4.78, 5) is 20.5. The predicted molar refractivity (Wildman–Crippen MR) is 120 cm³/mol. The summed E-state index contributed by atoms with van der Waals surface area (Å²) in [6, 6.07) is 6.03. The highest BCUT2D eigenvalue weighted by Gasteiger charge is 2.35. The van der Waals surface area contributed by atoms with Crippen molar-refractivity contribution < 1.29 is 18.7 Å². The number of amides is 1. The zero-order valence-electron chi connectivity index (χ0n) is 18.5. The van der Waals surface area contributed by atoms with Gasteiger partial charge in [-0.05, 0) is 75.2 Å². The van der Waals surface area contributed by atoms with E-state index in [2.05, 4.69) is 16.0 Å². The van der Waals surface area contributed by atoms with E-state index in [4.69, 9.17) is 25.5 Å². The largest absolute Gasteiger partial charge is 0.490 e. The lowest BCUT2D eigenvalue weighted by molar-refractivity contribution is 0.0482. The number of nitrogens with zero attached hydrogens (tertiary/aromatic N) is 3. The van der Waals surface area contributed by atoms with Gasteiger partial charge in [0.25, 0.3) is 5.88 Å². The highest BCUT2D eigenvalue weighted by Crippen LogP contribution is 2.44. The number of aromatic nitrogens is 1. The summed E-state index contributed by atoms with van der Waals surface area (Å²) in [6.07, 6.45) is 7.58. The number of oxazole rings is 1. The minimum atomic E-state index is -0.398. The van der Waals surface area contributed by atoms with Crippen LogP contribution in [-0.2, 0) is 6.54 Å². The fourth-order valence-corrected chi connectivity index (χ4v) is 4.81. The Morgan fingerprint density at radius 3 is 2.78 bits per heavy atom. The molecule has 0 bridgehead atoms. The molecule has 2 saturated carbocycles. The molecule has 2 aromatic rings. The summed E-state index contributed by atoms with van der Waals surface area (Å²) in [5.74, 6) is 2.55. The number of hydrogen-bond donors (Lipinski definition) is 0. The number of halogens is 1. The third-order valence-corrected chi connectivity index (χ3v) is 7.00. The summed E-state index contributed by atoms with van der Waals surface area (Å²) in [7, 11) is 1.76. The number of carbonyl (C=O) groups is 1. The molecule has 0 atom stereocenters. The average Bonchev–Trinajstić information content (AvgIpc) is 3.26. The van der Waals surface area contributed by atoms with Crippen LogP contribution in [0, 0.1) is 5.92 Å². The van der Waals surface area contributed by atoms with E-state index >= 15 is 0 Å². The van der Waals surface area contributed by atoms with E-state index in [0.717, 1.165) is 61.7 Å². The van der Waals surface area contributed by atoms with Gasteiger partial charge in [-0.3, -0.25) is 4.90 Å². The highest BCUT2D eigenvalue weighted by atomic mass is 35.5. The zero-order chi connectivity index (χ0) is 22.1. The first-order chi connectivity index (χ1) is 15.5. The Kier molecular flexibility index (Phi) is 6.28. The molecule has 3 fully saturated rings. The molecule has 7 nitrogen and oxygen atoms in total. The molecular weight excluding hydrogens is 430 g/mol. The van der Waals surface area contributed by atoms with Gasteiger partial charge in [-0.1, -0.05) is 17.7 Å². The van der Waals surface area contributed by atoms with Crippen molar-refractivity contribution in [2.45, 2.75) is 57.1 Å². The molecule has 2 aliphatic carbocycles. The van der Waals surface area contributed by atoms with E-state index in [1.165, 1.54) is 19.2 Å². The van der Waals surface area contributed by atoms with Gasteiger partial charge in [0.15, 0.2) is 12.2 Å². The second kappa shape index (κ2) is 9.32. The summed E-state index contributed by atoms with van der Waals surface area (Å²) in [6.45, 7) is 3.84. The fraction of sp³-hybridized carbons (Fsp3) is 0.583. The first-order valence-electron chi connectivity index (χ1n) is 11.6. The number of likely N-dealkylation sites (tertiary alicyclic amines) is 1. The Bertz CT molecular complexity index is 948. The summed E-state index contributed by atoms with van der Waals surface area (Å²) in [5.41, 5.74) is 1.16. The Labute approximate surface area is 193 Å². The molecule has 0 N–H and O–H groups in total. The maximum Gasteiger partial charge on any atom is 0.416 e. The Morgan fingerprint density at radius 2 is 2.06 bits per heavy atom. The zero-order valence-corrected chi connectivity index (χ0v) is 19.2. The van der Waals surface area contributed by atoms with E-state index < -0.39 is 6.09 Å². The predicted octanol–water partition coefficient (Wildman–Crippen LogP) is 5.09. The minimum absolute atomic E-state index is 0.155. The summed E-state index contributed by atoms with van der Waals surface area (Å²) in [5, 5.41) is 0.770. The number of benzene rings is 1. The SMILES string of the molecule is CN(CC1CC(Oc2ccc(CN3CCCC3)c(Cl)c2)C1)C(=O)Oc1ncoc1C1CC1. The molecule has 1 saturated heterocycles. The van der Waals surface area contributed by atoms with Gasteiger partial charge in [0, 0.05) is 31.1 Å². The maximum absolute atomic E-state index is 12.4. The van der Waals surface area contributed by atoms with Crippen LogP contribution in [0.25, 0.3) is 0 Å². The second-order valence-electron chi connectivity index (χ2n) is 9.36. The Morgan fingerprint density at radius 1 is 1.28 bits per heavy atom. The molecule has 8 heteroatoms. The minimum Gasteiger partial charge on any atom is -0.490 e. The normalized spacial score (nSPS) is 23.1. The van der Waals surface area contributed by atoms with Crippen molar-refractivity contribution in [1.82, 2.24) is 14.8 Å². The number of ether oxygens (including phenoxy) is 2. The van der Waals surface area contributed by atoms with Crippen LogP contribution in [0.5, 0.6) is 11.6 Å². The van der Waals surface area contributed by atoms with E-state index in [0.29, 0.717) is 30.0 Å². The first-order valence-corrected chi connectivity index (χ1v) is 12.0. The van der Waals surface area contributed by atoms with Gasteiger partial charge in [0.05, 0.1) is 6.10 Å². The van der Waals surface area contributed by atoms with Crippen molar-refractivity contribution in [1.29, 1.82) is 0 Å². The summed E-state index contributed by atoms with van der Waals surface area (Å²) < 4.78 is 16.9. The maximum atomic E-state index is 12.4. The van der Waals surface area contributed by atoms with Gasteiger partial charge in [0.1, 0.15) is 5.75 Å². The third kappa shape index (κ3) is 5.04. The van der Waals surface area contributed by atoms with Crippen molar-refractivity contribution in [3.05, 3.63) is 40.9 Å². The van der Waals surface area contributed by atoms with Gasteiger partial charge in [0.2, 0.25) is 0 Å². The Hall–Kier alpha value is -2.25. The molecule has 1 aliphatic heterocycles. The molecule has 0 spiro atoms. The third-order valence-electron chi connectivity index (χ3n) is 6.65. The molecule has 1 amide bonds. The molecule has 32 heavy (non-hydrogen) atoms. The monoisotopic (exact) mass is 459 g/mol. The van der Waals surface area contributed by atoms with Crippen molar-refractivity contribution in [3.8, 4) is 11.6 Å². The van der Waals surface area contributed by atoms with Gasteiger partial charge < -0.3 is 18.8 Å². The van der Waals surface area contributed by atoms with Crippen LogP contribution in [0.4, 0.5) is 4.79 Å².